The van der Waals surface area contributed by atoms with E-state index in [0.717, 1.165) is 16.6 Å². The number of fused-ring (bicyclic) bond motifs is 1. The number of pyridine rings is 1. The molecule has 176 valence electrons. The summed E-state index contributed by atoms with van der Waals surface area (Å²) >= 11 is 0. The molecule has 0 radical (unpaired) electrons. The first-order chi connectivity index (χ1) is 16.8. The minimum Gasteiger partial charge on any atom is -0.325 e. The molecule has 1 atom stereocenters. The molecule has 1 unspecified atom stereocenters. The number of anilines is 2. The lowest BCUT2D eigenvalue weighted by Crippen LogP contribution is -2.39. The molecule has 8 nitrogen and oxygen atoms in total. The van der Waals surface area contributed by atoms with Gasteiger partial charge in [-0.1, -0.05) is 26.0 Å². The van der Waals surface area contributed by atoms with Crippen LogP contribution in [-0.2, 0) is 4.79 Å². The van der Waals surface area contributed by atoms with E-state index in [0.29, 0.717) is 22.5 Å². The Morgan fingerprint density at radius 1 is 1.09 bits per heavy atom. The van der Waals surface area contributed by atoms with Gasteiger partial charge in [-0.3, -0.25) is 9.59 Å². The molecule has 8 heteroatoms. The number of hydrogen-bond donors (Lipinski definition) is 2. The van der Waals surface area contributed by atoms with Crippen molar-refractivity contribution < 1.29 is 9.59 Å². The molecule has 2 aromatic carbocycles. The number of nitrogens with two attached hydrogens (primary N) is 1. The minimum absolute atomic E-state index is 0.0425. The standard InChI is InChI=1S/C27H26N6O2/c1-17(2)25(29)26(34)31-21-8-6-19(7-9-21)23-16-30-33-13-12-20(14-24(23)33)27(35)32(3)22-10-4-18(15-28)5-11-22/h4-14,16-17,25H,29H2,1-3H3,(H,31,34). The molecule has 3 N–H and O–H groups in total. The number of carbonyl (C=O) groups excluding carboxylic acids is 2. The number of nitriles is 1. The molecule has 2 heterocycles. The third kappa shape index (κ3) is 4.90. The topological polar surface area (TPSA) is 117 Å². The second kappa shape index (κ2) is 9.79. The number of carbonyl (C=O) groups is 2. The highest BCUT2D eigenvalue weighted by molar-refractivity contribution is 6.06. The molecule has 0 spiro atoms. The molecular formula is C27H26N6O2. The number of nitrogens with zero attached hydrogens (tertiary/aromatic N) is 4. The van der Waals surface area contributed by atoms with Crippen LogP contribution < -0.4 is 16.0 Å². The fourth-order valence-electron chi connectivity index (χ4n) is 3.67. The first-order valence-corrected chi connectivity index (χ1v) is 11.2. The van der Waals surface area contributed by atoms with Crippen LogP contribution in [0.2, 0.25) is 0 Å². The van der Waals surface area contributed by atoms with E-state index in [-0.39, 0.29) is 17.7 Å². The Bertz CT molecular complexity index is 1420. The van der Waals surface area contributed by atoms with Crippen molar-refractivity contribution in [2.75, 3.05) is 17.3 Å². The maximum atomic E-state index is 13.1. The number of rotatable bonds is 6. The quantitative estimate of drug-likeness (QED) is 0.444. The molecule has 0 fully saturated rings. The number of hydrogen-bond acceptors (Lipinski definition) is 5. The maximum absolute atomic E-state index is 13.1. The monoisotopic (exact) mass is 466 g/mol. The van der Waals surface area contributed by atoms with Gasteiger partial charge in [0, 0.05) is 35.7 Å². The number of aromatic nitrogens is 2. The van der Waals surface area contributed by atoms with E-state index in [4.69, 9.17) is 11.0 Å². The van der Waals surface area contributed by atoms with Crippen LogP contribution in [0, 0.1) is 17.2 Å². The Kier molecular flexibility index (Phi) is 6.62. The van der Waals surface area contributed by atoms with Crippen LogP contribution in [0.15, 0.2) is 73.1 Å². The van der Waals surface area contributed by atoms with Crippen molar-refractivity contribution in [2.45, 2.75) is 19.9 Å². The van der Waals surface area contributed by atoms with Crippen LogP contribution in [0.25, 0.3) is 16.6 Å². The summed E-state index contributed by atoms with van der Waals surface area (Å²) in [4.78, 5) is 26.9. The van der Waals surface area contributed by atoms with E-state index >= 15 is 0 Å². The van der Waals surface area contributed by atoms with Crippen LogP contribution in [0.1, 0.15) is 29.8 Å². The summed E-state index contributed by atoms with van der Waals surface area (Å²) < 4.78 is 1.71. The molecule has 2 amide bonds. The van der Waals surface area contributed by atoms with Gasteiger partial charge in [-0.05, 0) is 60.0 Å². The van der Waals surface area contributed by atoms with E-state index in [9.17, 15) is 9.59 Å². The number of nitrogens with one attached hydrogen (secondary N) is 1. The van der Waals surface area contributed by atoms with E-state index in [1.54, 1.807) is 59.2 Å². The molecule has 0 saturated heterocycles. The first kappa shape index (κ1) is 23.7. The van der Waals surface area contributed by atoms with Gasteiger partial charge in [-0.25, -0.2) is 4.52 Å². The zero-order valence-electron chi connectivity index (χ0n) is 19.8. The van der Waals surface area contributed by atoms with Crippen LogP contribution in [0.3, 0.4) is 0 Å². The Labute approximate surface area is 203 Å². The Balaban J connectivity index is 1.58. The van der Waals surface area contributed by atoms with Gasteiger partial charge < -0.3 is 16.0 Å². The van der Waals surface area contributed by atoms with Gasteiger partial charge >= 0.3 is 0 Å². The molecule has 0 aliphatic rings. The zero-order chi connectivity index (χ0) is 25.1. The Hall–Kier alpha value is -4.48. The van der Waals surface area contributed by atoms with E-state index in [2.05, 4.69) is 16.5 Å². The summed E-state index contributed by atoms with van der Waals surface area (Å²) in [6, 6.07) is 19.3. The van der Waals surface area contributed by atoms with Crippen molar-refractivity contribution in [1.82, 2.24) is 9.61 Å². The van der Waals surface area contributed by atoms with Gasteiger partial charge in [0.1, 0.15) is 0 Å². The fourth-order valence-corrected chi connectivity index (χ4v) is 3.67. The lowest BCUT2D eigenvalue weighted by Gasteiger charge is -2.17. The van der Waals surface area contributed by atoms with Crippen molar-refractivity contribution >= 4 is 28.7 Å². The molecule has 4 rings (SSSR count). The van der Waals surface area contributed by atoms with Crippen molar-refractivity contribution in [1.29, 1.82) is 5.26 Å². The second-order valence-corrected chi connectivity index (χ2v) is 8.66. The summed E-state index contributed by atoms with van der Waals surface area (Å²) in [5.74, 6) is -0.358. The van der Waals surface area contributed by atoms with E-state index in [1.807, 2.05) is 44.2 Å². The minimum atomic E-state index is -0.576. The molecule has 0 aliphatic heterocycles. The van der Waals surface area contributed by atoms with Crippen molar-refractivity contribution in [3.05, 3.63) is 84.2 Å². The summed E-state index contributed by atoms with van der Waals surface area (Å²) in [5.41, 5.74) is 10.9. The second-order valence-electron chi connectivity index (χ2n) is 8.66. The van der Waals surface area contributed by atoms with Gasteiger partial charge in [0.25, 0.3) is 5.91 Å². The molecular weight excluding hydrogens is 440 g/mol. The molecule has 0 aliphatic carbocycles. The largest absolute Gasteiger partial charge is 0.325 e. The van der Waals surface area contributed by atoms with Gasteiger partial charge in [0.05, 0.1) is 29.4 Å². The maximum Gasteiger partial charge on any atom is 0.258 e. The van der Waals surface area contributed by atoms with E-state index < -0.39 is 6.04 Å². The molecule has 0 saturated carbocycles. The highest BCUT2D eigenvalue weighted by Gasteiger charge is 2.18. The van der Waals surface area contributed by atoms with Gasteiger partial charge in [-0.2, -0.15) is 10.4 Å². The SMILES string of the molecule is CC(C)C(N)C(=O)Nc1ccc(-c2cnn3ccc(C(=O)N(C)c4ccc(C#N)cc4)cc23)cc1. The van der Waals surface area contributed by atoms with Crippen molar-refractivity contribution in [2.24, 2.45) is 11.7 Å². The van der Waals surface area contributed by atoms with Gasteiger partial charge in [0.2, 0.25) is 5.91 Å². The average molecular weight is 467 g/mol. The highest BCUT2D eigenvalue weighted by Crippen LogP contribution is 2.27. The zero-order valence-corrected chi connectivity index (χ0v) is 19.8. The normalized spacial score (nSPS) is 11.8. The third-order valence-electron chi connectivity index (χ3n) is 5.94. The fraction of sp³-hybridized carbons (Fsp3) is 0.185. The van der Waals surface area contributed by atoms with Crippen molar-refractivity contribution in [3.8, 4) is 17.2 Å². The number of amides is 2. The molecule has 0 bridgehead atoms. The summed E-state index contributed by atoms with van der Waals surface area (Å²) in [5, 5.41) is 16.2. The van der Waals surface area contributed by atoms with Gasteiger partial charge in [-0.15, -0.1) is 0 Å². The predicted octanol–water partition coefficient (Wildman–Crippen LogP) is 4.07. The molecule has 35 heavy (non-hydrogen) atoms. The average Bonchev–Trinajstić information content (AvgIpc) is 3.31. The van der Waals surface area contributed by atoms with Crippen LogP contribution in [0.4, 0.5) is 11.4 Å². The smallest absolute Gasteiger partial charge is 0.258 e. The van der Waals surface area contributed by atoms with Crippen LogP contribution in [-0.4, -0.2) is 34.5 Å². The molecule has 2 aromatic heterocycles. The molecule has 4 aromatic rings. The third-order valence-corrected chi connectivity index (χ3v) is 5.94. The van der Waals surface area contributed by atoms with Crippen molar-refractivity contribution in [3.63, 3.8) is 0 Å². The van der Waals surface area contributed by atoms with Crippen LogP contribution >= 0.6 is 0 Å². The lowest BCUT2D eigenvalue weighted by molar-refractivity contribution is -0.118. The summed E-state index contributed by atoms with van der Waals surface area (Å²) in [6.07, 6.45) is 3.50. The Morgan fingerprint density at radius 2 is 1.77 bits per heavy atom. The summed E-state index contributed by atoms with van der Waals surface area (Å²) in [6.45, 7) is 3.80. The number of benzene rings is 2. The van der Waals surface area contributed by atoms with Crippen LogP contribution in [0.5, 0.6) is 0 Å². The lowest BCUT2D eigenvalue weighted by atomic mass is 10.0. The Morgan fingerprint density at radius 3 is 2.40 bits per heavy atom. The van der Waals surface area contributed by atoms with E-state index in [1.165, 1.54) is 0 Å². The highest BCUT2D eigenvalue weighted by atomic mass is 16.2. The first-order valence-electron chi connectivity index (χ1n) is 11.2. The van der Waals surface area contributed by atoms with Gasteiger partial charge in [0.15, 0.2) is 0 Å². The summed E-state index contributed by atoms with van der Waals surface area (Å²) in [7, 11) is 1.70. The predicted molar refractivity (Wildman–Crippen MR) is 136 cm³/mol.